The van der Waals surface area contributed by atoms with Crippen molar-refractivity contribution in [2.24, 2.45) is 0 Å². The molecule has 2 rings (SSSR count). The summed E-state index contributed by atoms with van der Waals surface area (Å²) < 4.78 is 0. The van der Waals surface area contributed by atoms with Gasteiger partial charge in [0.1, 0.15) is 10.8 Å². The predicted molar refractivity (Wildman–Crippen MR) is 79.7 cm³/mol. The van der Waals surface area contributed by atoms with Crippen LogP contribution in [0.3, 0.4) is 0 Å². The summed E-state index contributed by atoms with van der Waals surface area (Å²) in [6, 6.07) is 5.21. The van der Waals surface area contributed by atoms with Crippen LogP contribution in [0.25, 0.3) is 0 Å². The maximum absolute atomic E-state index is 12.1. The van der Waals surface area contributed by atoms with Gasteiger partial charge in [-0.3, -0.25) is 14.9 Å². The van der Waals surface area contributed by atoms with E-state index in [1.165, 1.54) is 24.4 Å². The van der Waals surface area contributed by atoms with Gasteiger partial charge >= 0.3 is 0 Å². The zero-order valence-corrected chi connectivity index (χ0v) is 11.9. The van der Waals surface area contributed by atoms with Crippen LogP contribution in [0.15, 0.2) is 30.5 Å². The summed E-state index contributed by atoms with van der Waals surface area (Å²) >= 11 is 11.5. The molecule has 3 N–H and O–H groups in total. The van der Waals surface area contributed by atoms with E-state index in [1.54, 1.807) is 0 Å². The second-order valence-corrected chi connectivity index (χ2v) is 4.78. The highest BCUT2D eigenvalue weighted by atomic mass is 35.5. The van der Waals surface area contributed by atoms with E-state index in [0.717, 1.165) is 6.07 Å². The maximum Gasteiger partial charge on any atom is 0.289 e. The molecular weight excluding hydrogens is 319 g/mol. The monoisotopic (exact) mass is 326 g/mol. The van der Waals surface area contributed by atoms with Crippen LogP contribution in [0.4, 0.5) is 17.2 Å². The Morgan fingerprint density at radius 2 is 2.00 bits per heavy atom. The molecule has 0 saturated carbocycles. The fraction of sp³-hybridized carbons (Fsp3) is 0. The van der Waals surface area contributed by atoms with Gasteiger partial charge in [-0.05, 0) is 18.2 Å². The predicted octanol–water partition coefficient (Wildman–Crippen LogP) is 3.13. The lowest BCUT2D eigenvalue weighted by Gasteiger charge is -2.07. The number of amides is 1. The Kier molecular flexibility index (Phi) is 4.25. The van der Waals surface area contributed by atoms with Crippen LogP contribution in [-0.2, 0) is 0 Å². The molecule has 0 saturated heterocycles. The van der Waals surface area contributed by atoms with Crippen LogP contribution in [0, 0.1) is 10.1 Å². The minimum atomic E-state index is -0.643. The lowest BCUT2D eigenvalue weighted by molar-refractivity contribution is -0.384. The lowest BCUT2D eigenvalue weighted by Crippen LogP contribution is -2.13. The molecule has 0 aliphatic carbocycles. The van der Waals surface area contributed by atoms with Gasteiger partial charge in [0.2, 0.25) is 0 Å². The van der Waals surface area contributed by atoms with E-state index in [0.29, 0.717) is 0 Å². The van der Waals surface area contributed by atoms with Crippen LogP contribution in [0.1, 0.15) is 10.4 Å². The number of nitro groups is 1. The molecule has 1 heterocycles. The molecule has 0 spiro atoms. The van der Waals surface area contributed by atoms with Crippen molar-refractivity contribution in [2.45, 2.75) is 0 Å². The molecule has 0 fully saturated rings. The van der Waals surface area contributed by atoms with Crippen molar-refractivity contribution < 1.29 is 9.72 Å². The van der Waals surface area contributed by atoms with E-state index in [1.807, 2.05) is 0 Å². The number of nitrogen functional groups attached to an aromatic ring is 1. The van der Waals surface area contributed by atoms with Gasteiger partial charge in [-0.25, -0.2) is 4.98 Å². The van der Waals surface area contributed by atoms with Crippen molar-refractivity contribution >= 4 is 46.3 Å². The van der Waals surface area contributed by atoms with E-state index >= 15 is 0 Å². The fourth-order valence-electron chi connectivity index (χ4n) is 1.56. The third-order valence-corrected chi connectivity index (χ3v) is 3.14. The molecule has 0 bridgehead atoms. The number of benzene rings is 1. The standard InChI is InChI=1S/C12H8Cl2N4O3/c13-8-2-1-6(3-10(8)18(20)21)17-12(19)7-4-11(15)16-5-9(7)14/h1-5H,(H2,15,16)(H,17,19). The summed E-state index contributed by atoms with van der Waals surface area (Å²) in [7, 11) is 0. The zero-order valence-electron chi connectivity index (χ0n) is 10.3. The third kappa shape index (κ3) is 3.39. The fourth-order valence-corrected chi connectivity index (χ4v) is 1.93. The number of nitrogens with one attached hydrogen (secondary N) is 1. The van der Waals surface area contributed by atoms with Gasteiger partial charge in [0.05, 0.1) is 15.5 Å². The molecule has 9 heteroatoms. The van der Waals surface area contributed by atoms with Crippen LogP contribution in [0.2, 0.25) is 10.0 Å². The number of nitro benzene ring substituents is 1. The summed E-state index contributed by atoms with van der Waals surface area (Å²) in [5.41, 5.74) is 5.50. The Bertz CT molecular complexity index is 736. The molecule has 0 aliphatic rings. The SMILES string of the molecule is Nc1cc(C(=O)Nc2ccc(Cl)c([N+](=O)[O-])c2)c(Cl)cn1. The first-order chi connectivity index (χ1) is 9.88. The maximum atomic E-state index is 12.1. The van der Waals surface area contributed by atoms with Gasteiger partial charge in [-0.1, -0.05) is 23.2 Å². The lowest BCUT2D eigenvalue weighted by atomic mass is 10.2. The van der Waals surface area contributed by atoms with Crippen molar-refractivity contribution in [3.05, 3.63) is 56.2 Å². The van der Waals surface area contributed by atoms with Crippen molar-refractivity contribution in [3.8, 4) is 0 Å². The van der Waals surface area contributed by atoms with Crippen molar-refractivity contribution in [1.29, 1.82) is 0 Å². The van der Waals surface area contributed by atoms with Crippen LogP contribution in [-0.4, -0.2) is 15.8 Å². The van der Waals surface area contributed by atoms with E-state index in [-0.39, 0.29) is 32.8 Å². The van der Waals surface area contributed by atoms with E-state index in [4.69, 9.17) is 28.9 Å². The molecule has 1 aromatic heterocycles. The molecule has 0 aliphatic heterocycles. The normalized spacial score (nSPS) is 10.2. The van der Waals surface area contributed by atoms with Crippen LogP contribution in [0.5, 0.6) is 0 Å². The van der Waals surface area contributed by atoms with Crippen molar-refractivity contribution in [2.75, 3.05) is 11.1 Å². The number of hydrogen-bond acceptors (Lipinski definition) is 5. The van der Waals surface area contributed by atoms with E-state index < -0.39 is 10.8 Å². The van der Waals surface area contributed by atoms with Gasteiger partial charge in [0.15, 0.2) is 0 Å². The largest absolute Gasteiger partial charge is 0.384 e. The first kappa shape index (κ1) is 15.0. The number of carbonyl (C=O) groups excluding carboxylic acids is 1. The Hall–Kier alpha value is -2.38. The van der Waals surface area contributed by atoms with Gasteiger partial charge < -0.3 is 11.1 Å². The molecule has 2 aromatic rings. The number of aromatic nitrogens is 1. The average Bonchev–Trinajstić information content (AvgIpc) is 2.43. The molecular formula is C12H8Cl2N4O3. The van der Waals surface area contributed by atoms with E-state index in [9.17, 15) is 14.9 Å². The highest BCUT2D eigenvalue weighted by molar-refractivity contribution is 6.34. The molecule has 21 heavy (non-hydrogen) atoms. The smallest absolute Gasteiger partial charge is 0.289 e. The summed E-state index contributed by atoms with van der Waals surface area (Å²) in [6.07, 6.45) is 1.25. The number of anilines is 2. The first-order valence-corrected chi connectivity index (χ1v) is 6.30. The van der Waals surface area contributed by atoms with Crippen LogP contribution < -0.4 is 11.1 Å². The van der Waals surface area contributed by atoms with Gasteiger partial charge in [-0.15, -0.1) is 0 Å². The Balaban J connectivity index is 2.29. The molecule has 7 nitrogen and oxygen atoms in total. The van der Waals surface area contributed by atoms with E-state index in [2.05, 4.69) is 10.3 Å². The summed E-state index contributed by atoms with van der Waals surface area (Å²) in [6.45, 7) is 0. The molecule has 0 unspecified atom stereocenters. The molecule has 0 radical (unpaired) electrons. The molecule has 0 atom stereocenters. The average molecular weight is 327 g/mol. The Morgan fingerprint density at radius 3 is 2.67 bits per heavy atom. The number of nitrogens with zero attached hydrogens (tertiary/aromatic N) is 2. The highest BCUT2D eigenvalue weighted by Crippen LogP contribution is 2.28. The minimum Gasteiger partial charge on any atom is -0.384 e. The van der Waals surface area contributed by atoms with Crippen LogP contribution >= 0.6 is 23.2 Å². The number of hydrogen-bond donors (Lipinski definition) is 2. The van der Waals surface area contributed by atoms with Gasteiger partial charge in [0.25, 0.3) is 11.6 Å². The molecule has 108 valence electrons. The number of pyridine rings is 1. The third-order valence-electron chi connectivity index (χ3n) is 2.52. The quantitative estimate of drug-likeness (QED) is 0.664. The number of rotatable bonds is 3. The zero-order chi connectivity index (χ0) is 15.6. The molecule has 1 amide bonds. The minimum absolute atomic E-state index is 0.0239. The summed E-state index contributed by atoms with van der Waals surface area (Å²) in [5, 5.41) is 13.4. The number of halogens is 2. The first-order valence-electron chi connectivity index (χ1n) is 5.55. The Morgan fingerprint density at radius 1 is 1.29 bits per heavy atom. The van der Waals surface area contributed by atoms with Gasteiger partial charge in [-0.2, -0.15) is 0 Å². The van der Waals surface area contributed by atoms with Crippen molar-refractivity contribution in [3.63, 3.8) is 0 Å². The molecule has 1 aromatic carbocycles. The second kappa shape index (κ2) is 5.94. The summed E-state index contributed by atoms with van der Waals surface area (Å²) in [5.74, 6) is -0.433. The highest BCUT2D eigenvalue weighted by Gasteiger charge is 2.16. The number of carbonyl (C=O) groups is 1. The summed E-state index contributed by atoms with van der Waals surface area (Å²) in [4.78, 5) is 26.0. The number of nitrogens with two attached hydrogens (primary N) is 1. The van der Waals surface area contributed by atoms with Crippen molar-refractivity contribution in [1.82, 2.24) is 4.98 Å². The second-order valence-electron chi connectivity index (χ2n) is 3.97. The van der Waals surface area contributed by atoms with Gasteiger partial charge in [0, 0.05) is 18.0 Å². The Labute approximate surface area is 128 Å². The topological polar surface area (TPSA) is 111 Å².